The lowest BCUT2D eigenvalue weighted by Gasteiger charge is -2.14. The number of imidazole rings is 1. The van der Waals surface area contributed by atoms with Crippen LogP contribution < -0.4 is 0 Å². The molecule has 0 aliphatic heterocycles. The van der Waals surface area contributed by atoms with E-state index in [-0.39, 0.29) is 19.0 Å². The first kappa shape index (κ1) is 14.4. The molecule has 0 unspecified atom stereocenters. The number of rotatable bonds is 6. The molecule has 0 aliphatic rings. The summed E-state index contributed by atoms with van der Waals surface area (Å²) in [7, 11) is 1.66. The highest BCUT2D eigenvalue weighted by Crippen LogP contribution is 2.18. The molecule has 1 heterocycles. The molecule has 0 bridgehead atoms. The van der Waals surface area contributed by atoms with Crippen LogP contribution >= 0.6 is 0 Å². The summed E-state index contributed by atoms with van der Waals surface area (Å²) >= 11 is 0. The van der Waals surface area contributed by atoms with Crippen molar-refractivity contribution in [3.05, 3.63) is 29.8 Å². The number of hydrogen-bond acceptors (Lipinski definition) is 4. The van der Waals surface area contributed by atoms with Crippen molar-refractivity contribution >= 4 is 17.0 Å². The Morgan fingerprint density at radius 2 is 2.25 bits per heavy atom. The maximum absolute atomic E-state index is 13.2. The van der Waals surface area contributed by atoms with Crippen LogP contribution in [-0.4, -0.2) is 50.8 Å². The molecule has 0 saturated heterocycles. The number of benzene rings is 1. The summed E-state index contributed by atoms with van der Waals surface area (Å²) in [5.74, 6) is -0.705. The summed E-state index contributed by atoms with van der Waals surface area (Å²) in [4.78, 5) is 16.6. The minimum Gasteiger partial charge on any atom is -0.480 e. The van der Waals surface area contributed by atoms with Gasteiger partial charge in [-0.25, -0.2) is 9.37 Å². The van der Waals surface area contributed by atoms with Crippen molar-refractivity contribution < 1.29 is 19.4 Å². The Labute approximate surface area is 115 Å². The summed E-state index contributed by atoms with van der Waals surface area (Å²) in [5, 5.41) is 17.9. The fraction of sp³-hybridized carbons (Fsp3) is 0.385. The lowest BCUT2D eigenvalue weighted by atomic mass is 10.3. The van der Waals surface area contributed by atoms with Crippen LogP contribution in [0.3, 0.4) is 0 Å². The molecule has 0 aliphatic carbocycles. The number of aliphatic carboxylic acids is 1. The van der Waals surface area contributed by atoms with Gasteiger partial charge in [-0.3, -0.25) is 9.69 Å². The maximum atomic E-state index is 13.2. The van der Waals surface area contributed by atoms with Crippen LogP contribution in [0, 0.1) is 5.82 Å². The van der Waals surface area contributed by atoms with Crippen LogP contribution in [0.15, 0.2) is 18.2 Å². The van der Waals surface area contributed by atoms with E-state index >= 15 is 0 Å². The molecule has 108 valence electrons. The van der Waals surface area contributed by atoms with Crippen molar-refractivity contribution in [3.63, 3.8) is 0 Å². The Kier molecular flexibility index (Phi) is 4.31. The SMILES string of the molecule is CN(CC(=O)O)Cc1nc2cc(F)ccc2n1CCO. The van der Waals surface area contributed by atoms with Crippen molar-refractivity contribution in [2.24, 2.45) is 0 Å². The Balaban J connectivity index is 2.35. The van der Waals surface area contributed by atoms with Gasteiger partial charge in [0.2, 0.25) is 0 Å². The molecular formula is C13H16FN3O3. The largest absolute Gasteiger partial charge is 0.480 e. The molecule has 0 atom stereocenters. The van der Waals surface area contributed by atoms with Crippen LogP contribution in [-0.2, 0) is 17.9 Å². The highest BCUT2D eigenvalue weighted by atomic mass is 19.1. The second-order valence-corrected chi connectivity index (χ2v) is 4.60. The average molecular weight is 281 g/mol. The number of aromatic nitrogens is 2. The molecular weight excluding hydrogens is 265 g/mol. The van der Waals surface area contributed by atoms with Gasteiger partial charge in [-0.15, -0.1) is 0 Å². The van der Waals surface area contributed by atoms with Gasteiger partial charge in [0.15, 0.2) is 0 Å². The Hall–Kier alpha value is -1.99. The minimum atomic E-state index is -0.927. The van der Waals surface area contributed by atoms with Gasteiger partial charge in [0.25, 0.3) is 0 Å². The van der Waals surface area contributed by atoms with Crippen molar-refractivity contribution in [1.29, 1.82) is 0 Å². The first-order valence-corrected chi connectivity index (χ1v) is 6.17. The van der Waals surface area contributed by atoms with Crippen molar-refractivity contribution in [2.75, 3.05) is 20.2 Å². The van der Waals surface area contributed by atoms with Crippen LogP contribution in [0.4, 0.5) is 4.39 Å². The van der Waals surface area contributed by atoms with E-state index in [1.165, 1.54) is 12.1 Å². The first-order valence-electron chi connectivity index (χ1n) is 6.17. The second-order valence-electron chi connectivity index (χ2n) is 4.60. The zero-order valence-corrected chi connectivity index (χ0v) is 11.1. The van der Waals surface area contributed by atoms with E-state index in [9.17, 15) is 9.18 Å². The molecule has 1 aromatic heterocycles. The Bertz CT molecular complexity index is 627. The third-order valence-corrected chi connectivity index (χ3v) is 2.93. The fourth-order valence-corrected chi connectivity index (χ4v) is 2.15. The number of carboxylic acids is 1. The normalized spacial score (nSPS) is 11.4. The number of hydrogen-bond donors (Lipinski definition) is 2. The molecule has 6 nitrogen and oxygen atoms in total. The van der Waals surface area contributed by atoms with E-state index in [2.05, 4.69) is 4.98 Å². The monoisotopic (exact) mass is 281 g/mol. The number of halogens is 1. The molecule has 0 radical (unpaired) electrons. The number of likely N-dealkylation sites (N-methyl/N-ethyl adjacent to an activating group) is 1. The second kappa shape index (κ2) is 5.98. The third kappa shape index (κ3) is 3.12. The fourth-order valence-electron chi connectivity index (χ4n) is 2.15. The number of aliphatic hydroxyl groups is 1. The Morgan fingerprint density at radius 3 is 2.90 bits per heavy atom. The molecule has 1 aromatic carbocycles. The molecule has 2 N–H and O–H groups in total. The minimum absolute atomic E-state index is 0.0710. The van der Waals surface area contributed by atoms with Gasteiger partial charge in [-0.1, -0.05) is 0 Å². The van der Waals surface area contributed by atoms with Gasteiger partial charge in [0, 0.05) is 12.6 Å². The topological polar surface area (TPSA) is 78.6 Å². The van der Waals surface area contributed by atoms with Gasteiger partial charge in [0.1, 0.15) is 11.6 Å². The number of carboxylic acid groups (broad SMARTS) is 1. The summed E-state index contributed by atoms with van der Waals surface area (Å²) in [5.41, 5.74) is 1.22. The zero-order valence-electron chi connectivity index (χ0n) is 11.1. The smallest absolute Gasteiger partial charge is 0.317 e. The van der Waals surface area contributed by atoms with Crippen molar-refractivity contribution in [3.8, 4) is 0 Å². The zero-order chi connectivity index (χ0) is 14.7. The predicted octanol–water partition coefficient (Wildman–Crippen LogP) is 0.684. The summed E-state index contributed by atoms with van der Waals surface area (Å²) < 4.78 is 15.0. The van der Waals surface area contributed by atoms with E-state index in [0.717, 1.165) is 5.52 Å². The summed E-state index contributed by atoms with van der Waals surface area (Å²) in [6.07, 6.45) is 0. The lowest BCUT2D eigenvalue weighted by molar-refractivity contribution is -0.138. The molecule has 0 spiro atoms. The highest BCUT2D eigenvalue weighted by Gasteiger charge is 2.14. The van der Waals surface area contributed by atoms with Crippen molar-refractivity contribution in [2.45, 2.75) is 13.1 Å². The molecule has 7 heteroatoms. The summed E-state index contributed by atoms with van der Waals surface area (Å²) in [6.45, 7) is 0.455. The van der Waals surface area contributed by atoms with Gasteiger partial charge in [-0.2, -0.15) is 0 Å². The van der Waals surface area contributed by atoms with Gasteiger partial charge >= 0.3 is 5.97 Å². The number of fused-ring (bicyclic) bond motifs is 1. The number of carbonyl (C=O) groups is 1. The first-order chi connectivity index (χ1) is 9.51. The van der Waals surface area contributed by atoms with Crippen LogP contribution in [0.25, 0.3) is 11.0 Å². The third-order valence-electron chi connectivity index (χ3n) is 2.93. The summed E-state index contributed by atoms with van der Waals surface area (Å²) in [6, 6.07) is 4.26. The highest BCUT2D eigenvalue weighted by molar-refractivity contribution is 5.76. The molecule has 2 rings (SSSR count). The van der Waals surface area contributed by atoms with Crippen molar-refractivity contribution in [1.82, 2.24) is 14.5 Å². The number of aliphatic hydroxyl groups excluding tert-OH is 1. The molecule has 2 aromatic rings. The maximum Gasteiger partial charge on any atom is 0.317 e. The predicted molar refractivity (Wildman–Crippen MR) is 70.7 cm³/mol. The quantitative estimate of drug-likeness (QED) is 0.814. The molecule has 0 fully saturated rings. The molecule has 0 amide bonds. The van der Waals surface area contributed by atoms with Crippen LogP contribution in [0.1, 0.15) is 5.82 Å². The molecule has 20 heavy (non-hydrogen) atoms. The van der Waals surface area contributed by atoms with Gasteiger partial charge < -0.3 is 14.8 Å². The standard InChI is InChI=1S/C13H16FN3O3/c1-16(8-13(19)20)7-12-15-10-6-9(14)2-3-11(10)17(12)4-5-18/h2-3,6,18H,4-5,7-8H2,1H3,(H,19,20). The lowest BCUT2D eigenvalue weighted by Crippen LogP contribution is -2.26. The van der Waals surface area contributed by atoms with E-state index in [1.807, 2.05) is 0 Å². The van der Waals surface area contributed by atoms with E-state index in [1.54, 1.807) is 22.6 Å². The Morgan fingerprint density at radius 1 is 1.50 bits per heavy atom. The average Bonchev–Trinajstić information content (AvgIpc) is 2.66. The van der Waals surface area contributed by atoms with E-state index in [0.29, 0.717) is 24.4 Å². The van der Waals surface area contributed by atoms with E-state index in [4.69, 9.17) is 10.2 Å². The van der Waals surface area contributed by atoms with E-state index < -0.39 is 5.97 Å². The van der Waals surface area contributed by atoms with Gasteiger partial charge in [0.05, 0.1) is 30.7 Å². The molecule has 0 saturated carbocycles. The number of nitrogens with zero attached hydrogens (tertiary/aromatic N) is 3. The van der Waals surface area contributed by atoms with Crippen LogP contribution in [0.5, 0.6) is 0 Å². The van der Waals surface area contributed by atoms with Gasteiger partial charge in [-0.05, 0) is 19.2 Å². The van der Waals surface area contributed by atoms with Crippen LogP contribution in [0.2, 0.25) is 0 Å².